The molecule has 26 heavy (non-hydrogen) atoms. The third-order valence-corrected chi connectivity index (χ3v) is 4.13. The van der Waals surface area contributed by atoms with Crippen LogP contribution >= 0.6 is 0 Å². The molecule has 2 heterocycles. The van der Waals surface area contributed by atoms with Gasteiger partial charge in [-0.15, -0.1) is 0 Å². The van der Waals surface area contributed by atoms with Crippen molar-refractivity contribution >= 4 is 23.3 Å². The van der Waals surface area contributed by atoms with Crippen LogP contribution in [-0.2, 0) is 9.47 Å². The molecule has 1 aromatic heterocycles. The normalized spacial score (nSPS) is 16.1. The van der Waals surface area contributed by atoms with Gasteiger partial charge >= 0.3 is 5.97 Å². The van der Waals surface area contributed by atoms with Crippen LogP contribution in [0.4, 0.5) is 11.4 Å². The fourth-order valence-corrected chi connectivity index (χ4v) is 2.74. The first kappa shape index (κ1) is 17.9. The number of nitrogens with one attached hydrogen (secondary N) is 2. The highest BCUT2D eigenvalue weighted by Gasteiger charge is 2.16. The quantitative estimate of drug-likeness (QED) is 0.775. The summed E-state index contributed by atoms with van der Waals surface area (Å²) in [5.41, 5.74) is 1.75. The summed E-state index contributed by atoms with van der Waals surface area (Å²) in [6.45, 7) is 1.54. The Morgan fingerprint density at radius 1 is 1.27 bits per heavy atom. The van der Waals surface area contributed by atoms with Gasteiger partial charge in [0, 0.05) is 13.2 Å². The molecule has 0 spiro atoms. The van der Waals surface area contributed by atoms with Crippen molar-refractivity contribution in [2.45, 2.75) is 18.9 Å². The zero-order valence-electron chi connectivity index (χ0n) is 14.5. The Morgan fingerprint density at radius 2 is 2.12 bits per heavy atom. The molecule has 0 saturated carbocycles. The van der Waals surface area contributed by atoms with Crippen molar-refractivity contribution in [3.8, 4) is 0 Å². The average Bonchev–Trinajstić information content (AvgIpc) is 3.20. The second-order valence-corrected chi connectivity index (χ2v) is 5.94. The highest BCUT2D eigenvalue weighted by molar-refractivity contribution is 6.07. The molecule has 0 bridgehead atoms. The number of carbonyl (C=O) groups is 2. The van der Waals surface area contributed by atoms with E-state index in [0.29, 0.717) is 11.3 Å². The predicted molar refractivity (Wildman–Crippen MR) is 97.4 cm³/mol. The number of hydrogen-bond acceptors (Lipinski definition) is 6. The van der Waals surface area contributed by atoms with Gasteiger partial charge in [-0.2, -0.15) is 0 Å². The van der Waals surface area contributed by atoms with E-state index in [9.17, 15) is 9.59 Å². The van der Waals surface area contributed by atoms with Crippen molar-refractivity contribution in [2.24, 2.45) is 0 Å². The van der Waals surface area contributed by atoms with Crippen molar-refractivity contribution in [3.63, 3.8) is 0 Å². The lowest BCUT2D eigenvalue weighted by Crippen LogP contribution is -2.19. The zero-order chi connectivity index (χ0) is 18.4. The van der Waals surface area contributed by atoms with Gasteiger partial charge in [-0.05, 0) is 37.1 Å². The molecule has 1 aromatic carbocycles. The van der Waals surface area contributed by atoms with Gasteiger partial charge < -0.3 is 20.1 Å². The van der Waals surface area contributed by atoms with E-state index in [4.69, 9.17) is 9.47 Å². The van der Waals surface area contributed by atoms with Gasteiger partial charge in [0.25, 0.3) is 5.91 Å². The first-order valence-electron chi connectivity index (χ1n) is 8.47. The molecule has 2 aromatic rings. The smallest absolute Gasteiger partial charge is 0.339 e. The molecule has 2 N–H and O–H groups in total. The van der Waals surface area contributed by atoms with Gasteiger partial charge in [0.15, 0.2) is 0 Å². The van der Waals surface area contributed by atoms with E-state index in [1.807, 2.05) is 0 Å². The number of esters is 1. The van der Waals surface area contributed by atoms with Crippen LogP contribution in [0, 0.1) is 0 Å². The minimum atomic E-state index is -0.512. The van der Waals surface area contributed by atoms with Crippen LogP contribution in [0.15, 0.2) is 42.6 Å². The molecule has 1 fully saturated rings. The van der Waals surface area contributed by atoms with Gasteiger partial charge in [0.05, 0.1) is 36.3 Å². The summed E-state index contributed by atoms with van der Waals surface area (Å²) in [4.78, 5) is 28.3. The highest BCUT2D eigenvalue weighted by Crippen LogP contribution is 2.18. The molecule has 0 radical (unpaired) electrons. The molecule has 7 nitrogen and oxygen atoms in total. The number of amides is 1. The number of benzene rings is 1. The van der Waals surface area contributed by atoms with Gasteiger partial charge in [-0.25, -0.2) is 9.78 Å². The van der Waals surface area contributed by atoms with E-state index in [2.05, 4.69) is 15.6 Å². The summed E-state index contributed by atoms with van der Waals surface area (Å²) in [7, 11) is 1.30. The first-order valence-corrected chi connectivity index (χ1v) is 8.47. The van der Waals surface area contributed by atoms with E-state index in [0.717, 1.165) is 31.7 Å². The van der Waals surface area contributed by atoms with E-state index in [1.165, 1.54) is 7.11 Å². The van der Waals surface area contributed by atoms with Crippen molar-refractivity contribution in [1.82, 2.24) is 4.98 Å². The number of carbonyl (C=O) groups excluding carboxylic acids is 2. The number of methoxy groups -OCH3 is 1. The van der Waals surface area contributed by atoms with E-state index < -0.39 is 11.9 Å². The SMILES string of the molecule is COC(=O)c1ccccc1NC(=O)c1ccc(NCC2CCCO2)cn1. The largest absolute Gasteiger partial charge is 0.465 e. The molecule has 136 valence electrons. The van der Waals surface area contributed by atoms with Gasteiger partial charge in [0.2, 0.25) is 0 Å². The maximum Gasteiger partial charge on any atom is 0.339 e. The molecule has 1 amide bonds. The minimum absolute atomic E-state index is 0.229. The number of ether oxygens (including phenoxy) is 2. The van der Waals surface area contributed by atoms with Crippen LogP contribution in [0.3, 0.4) is 0 Å². The van der Waals surface area contributed by atoms with Crippen LogP contribution < -0.4 is 10.6 Å². The second kappa shape index (κ2) is 8.44. The molecule has 7 heteroatoms. The maximum atomic E-state index is 12.4. The van der Waals surface area contributed by atoms with Crippen molar-refractivity contribution < 1.29 is 19.1 Å². The second-order valence-electron chi connectivity index (χ2n) is 5.94. The van der Waals surface area contributed by atoms with Crippen LogP contribution in [0.2, 0.25) is 0 Å². The average molecular weight is 355 g/mol. The fourth-order valence-electron chi connectivity index (χ4n) is 2.74. The number of pyridine rings is 1. The molecule has 1 unspecified atom stereocenters. The Morgan fingerprint density at radius 3 is 2.81 bits per heavy atom. The van der Waals surface area contributed by atoms with Gasteiger partial charge in [-0.1, -0.05) is 12.1 Å². The number of anilines is 2. The Bertz CT molecular complexity index is 771. The Hall–Kier alpha value is -2.93. The number of nitrogens with zero attached hydrogens (tertiary/aromatic N) is 1. The molecular weight excluding hydrogens is 334 g/mol. The molecule has 0 aliphatic carbocycles. The van der Waals surface area contributed by atoms with Crippen LogP contribution in [0.25, 0.3) is 0 Å². The monoisotopic (exact) mass is 355 g/mol. The minimum Gasteiger partial charge on any atom is -0.465 e. The lowest BCUT2D eigenvalue weighted by Gasteiger charge is -2.12. The summed E-state index contributed by atoms with van der Waals surface area (Å²) >= 11 is 0. The number of hydrogen-bond donors (Lipinski definition) is 2. The Kier molecular flexibility index (Phi) is 5.80. The molecule has 1 saturated heterocycles. The number of aromatic nitrogens is 1. The van der Waals surface area contributed by atoms with E-state index >= 15 is 0 Å². The summed E-state index contributed by atoms with van der Waals surface area (Å²) in [5.74, 6) is -0.908. The molecule has 1 aliphatic rings. The maximum absolute atomic E-state index is 12.4. The van der Waals surface area contributed by atoms with Crippen molar-refractivity contribution in [2.75, 3.05) is 30.9 Å². The lowest BCUT2D eigenvalue weighted by molar-refractivity contribution is 0.0602. The standard InChI is InChI=1S/C19H21N3O4/c1-25-19(24)15-6-2-3-7-16(15)22-18(23)17-9-8-13(11-21-17)20-12-14-5-4-10-26-14/h2-3,6-9,11,14,20H,4-5,10,12H2,1H3,(H,22,23). The topological polar surface area (TPSA) is 89.5 Å². The van der Waals surface area contributed by atoms with Gasteiger partial charge in [-0.3, -0.25) is 4.79 Å². The van der Waals surface area contributed by atoms with Crippen molar-refractivity contribution in [1.29, 1.82) is 0 Å². The predicted octanol–water partition coefficient (Wildman–Crippen LogP) is 2.71. The summed E-state index contributed by atoms with van der Waals surface area (Å²) in [5, 5.41) is 5.95. The molecule has 1 atom stereocenters. The number of para-hydroxylation sites is 1. The summed E-state index contributed by atoms with van der Waals surface area (Å²) in [6.07, 6.45) is 3.99. The van der Waals surface area contributed by atoms with E-state index in [1.54, 1.807) is 42.6 Å². The third kappa shape index (κ3) is 4.37. The molecular formula is C19H21N3O4. The third-order valence-electron chi connectivity index (χ3n) is 4.13. The Balaban J connectivity index is 1.62. The molecule has 1 aliphatic heterocycles. The van der Waals surface area contributed by atoms with E-state index in [-0.39, 0.29) is 11.8 Å². The lowest BCUT2D eigenvalue weighted by atomic mass is 10.1. The first-order chi connectivity index (χ1) is 12.7. The van der Waals surface area contributed by atoms with Gasteiger partial charge in [0.1, 0.15) is 5.69 Å². The zero-order valence-corrected chi connectivity index (χ0v) is 14.5. The fraction of sp³-hybridized carbons (Fsp3) is 0.316. The van der Waals surface area contributed by atoms with Crippen LogP contribution in [-0.4, -0.2) is 43.2 Å². The van der Waals surface area contributed by atoms with Crippen LogP contribution in [0.1, 0.15) is 33.7 Å². The van der Waals surface area contributed by atoms with Crippen LogP contribution in [0.5, 0.6) is 0 Å². The number of rotatable bonds is 6. The van der Waals surface area contributed by atoms with Crippen molar-refractivity contribution in [3.05, 3.63) is 53.9 Å². The highest BCUT2D eigenvalue weighted by atomic mass is 16.5. The molecule has 3 rings (SSSR count). The summed E-state index contributed by atoms with van der Waals surface area (Å²) in [6, 6.07) is 10.1. The summed E-state index contributed by atoms with van der Waals surface area (Å²) < 4.78 is 10.3. The Labute approximate surface area is 151 Å².